The van der Waals surface area contributed by atoms with Gasteiger partial charge in [-0.3, -0.25) is 4.79 Å². The zero-order valence-electron chi connectivity index (χ0n) is 15.3. The largest absolute Gasteiger partial charge is 0.454 e. The molecular weight excluding hydrogens is 356 g/mol. The van der Waals surface area contributed by atoms with Gasteiger partial charge in [0.2, 0.25) is 12.7 Å². The van der Waals surface area contributed by atoms with Gasteiger partial charge < -0.3 is 24.4 Å². The van der Waals surface area contributed by atoms with Crippen LogP contribution in [0.15, 0.2) is 12.1 Å². The molecule has 0 radical (unpaired) electrons. The van der Waals surface area contributed by atoms with Crippen LogP contribution in [-0.2, 0) is 16.1 Å². The predicted octanol–water partition coefficient (Wildman–Crippen LogP) is 2.97. The lowest BCUT2D eigenvalue weighted by Gasteiger charge is -2.25. The Labute approximate surface area is 159 Å². The topological polar surface area (TPSA) is 60.0 Å². The van der Waals surface area contributed by atoms with Crippen molar-refractivity contribution in [2.24, 2.45) is 0 Å². The number of likely N-dealkylation sites (tertiary alicyclic amines) is 1. The Morgan fingerprint density at radius 1 is 1.35 bits per heavy atom. The molecule has 2 aliphatic rings. The molecular formula is C19H27ClN2O4. The van der Waals surface area contributed by atoms with Crippen molar-refractivity contribution in [1.82, 2.24) is 10.2 Å². The molecule has 1 N–H and O–H groups in total. The second-order valence-corrected chi connectivity index (χ2v) is 7.00. The van der Waals surface area contributed by atoms with Gasteiger partial charge in [0.05, 0.1) is 0 Å². The van der Waals surface area contributed by atoms with Gasteiger partial charge in [-0.25, -0.2) is 0 Å². The Morgan fingerprint density at radius 2 is 2.15 bits per heavy atom. The van der Waals surface area contributed by atoms with E-state index in [-0.39, 0.29) is 12.7 Å². The summed E-state index contributed by atoms with van der Waals surface area (Å²) in [6, 6.07) is 4.05. The highest BCUT2D eigenvalue weighted by Crippen LogP contribution is 2.36. The lowest BCUT2D eigenvalue weighted by atomic mass is 10.1. The zero-order valence-corrected chi connectivity index (χ0v) is 16.0. The van der Waals surface area contributed by atoms with Crippen molar-refractivity contribution in [1.29, 1.82) is 0 Å². The molecule has 1 aromatic carbocycles. The van der Waals surface area contributed by atoms with Crippen LogP contribution in [-0.4, -0.2) is 49.9 Å². The quantitative estimate of drug-likeness (QED) is 0.630. The fraction of sp³-hybridized carbons (Fsp3) is 0.632. The molecule has 0 spiro atoms. The number of rotatable bonds is 10. The monoisotopic (exact) mass is 382 g/mol. The van der Waals surface area contributed by atoms with Crippen LogP contribution >= 0.6 is 11.6 Å². The van der Waals surface area contributed by atoms with E-state index in [2.05, 4.69) is 5.32 Å². The maximum atomic E-state index is 12.1. The van der Waals surface area contributed by atoms with Gasteiger partial charge in [-0.1, -0.05) is 11.6 Å². The number of hydrogen-bond acceptors (Lipinski definition) is 5. The van der Waals surface area contributed by atoms with Crippen molar-refractivity contribution in [2.75, 3.05) is 33.1 Å². The number of hydrogen-bond donors (Lipinski definition) is 1. The minimum absolute atomic E-state index is 0.247. The molecule has 2 aliphatic heterocycles. The minimum Gasteiger partial charge on any atom is -0.454 e. The van der Waals surface area contributed by atoms with E-state index in [0.717, 1.165) is 50.3 Å². The Hall–Kier alpha value is -1.50. The van der Waals surface area contributed by atoms with Gasteiger partial charge in [-0.2, -0.15) is 0 Å². The second-order valence-electron chi connectivity index (χ2n) is 6.59. The first-order valence-corrected chi connectivity index (χ1v) is 9.72. The third-order valence-electron chi connectivity index (χ3n) is 4.86. The minimum atomic E-state index is 0.247. The number of carbonyl (C=O) groups is 1. The molecule has 26 heavy (non-hydrogen) atoms. The molecule has 2 heterocycles. The van der Waals surface area contributed by atoms with E-state index >= 15 is 0 Å². The second kappa shape index (κ2) is 9.44. The number of ether oxygens (including phenoxy) is 3. The lowest BCUT2D eigenvalue weighted by molar-refractivity contribution is -0.129. The Morgan fingerprint density at radius 3 is 2.96 bits per heavy atom. The summed E-state index contributed by atoms with van der Waals surface area (Å²) in [5.41, 5.74) is 0.993. The number of amides is 1. The van der Waals surface area contributed by atoms with Crippen molar-refractivity contribution in [3.8, 4) is 11.5 Å². The van der Waals surface area contributed by atoms with Crippen molar-refractivity contribution in [3.05, 3.63) is 22.7 Å². The molecule has 1 atom stereocenters. The molecule has 1 amide bonds. The molecule has 144 valence electrons. The number of carbonyl (C=O) groups excluding carboxylic acids is 1. The molecule has 0 bridgehead atoms. The van der Waals surface area contributed by atoms with E-state index in [1.54, 1.807) is 6.07 Å². The number of halogens is 1. The summed E-state index contributed by atoms with van der Waals surface area (Å²) in [6.07, 6.45) is 3.45. The number of nitrogens with zero attached hydrogens (tertiary/aromatic N) is 1. The number of nitrogens with one attached hydrogen (secondary N) is 1. The van der Waals surface area contributed by atoms with Crippen molar-refractivity contribution in [3.63, 3.8) is 0 Å². The predicted molar refractivity (Wildman–Crippen MR) is 99.7 cm³/mol. The summed E-state index contributed by atoms with van der Waals surface area (Å²) in [6.45, 7) is 5.97. The SMILES string of the molecule is CCOCCCN1C(=O)CCC1CCNCc1cc2c(cc1Cl)OCO2. The zero-order chi connectivity index (χ0) is 18.4. The third-order valence-corrected chi connectivity index (χ3v) is 5.21. The van der Waals surface area contributed by atoms with Gasteiger partial charge in [0, 0.05) is 49.9 Å². The van der Waals surface area contributed by atoms with Gasteiger partial charge in [0.25, 0.3) is 0 Å². The van der Waals surface area contributed by atoms with E-state index in [9.17, 15) is 4.79 Å². The first kappa shape index (κ1) is 19.3. The summed E-state index contributed by atoms with van der Waals surface area (Å²) in [5.74, 6) is 1.71. The van der Waals surface area contributed by atoms with Gasteiger partial charge in [0.15, 0.2) is 11.5 Å². The van der Waals surface area contributed by atoms with E-state index in [1.165, 1.54) is 0 Å². The number of benzene rings is 1. The van der Waals surface area contributed by atoms with Crippen LogP contribution in [0.2, 0.25) is 5.02 Å². The van der Waals surface area contributed by atoms with Crippen LogP contribution < -0.4 is 14.8 Å². The van der Waals surface area contributed by atoms with E-state index in [0.29, 0.717) is 36.4 Å². The lowest BCUT2D eigenvalue weighted by Crippen LogP contribution is -2.36. The molecule has 7 heteroatoms. The Bertz CT molecular complexity index is 626. The summed E-state index contributed by atoms with van der Waals surface area (Å²) >= 11 is 6.30. The van der Waals surface area contributed by atoms with Crippen LogP contribution in [0.25, 0.3) is 0 Å². The third kappa shape index (κ3) is 4.81. The summed E-state index contributed by atoms with van der Waals surface area (Å²) in [4.78, 5) is 14.1. The Balaban J connectivity index is 1.42. The van der Waals surface area contributed by atoms with E-state index in [1.807, 2.05) is 17.9 Å². The highest BCUT2D eigenvalue weighted by Gasteiger charge is 2.29. The summed E-state index contributed by atoms with van der Waals surface area (Å²) in [7, 11) is 0. The van der Waals surface area contributed by atoms with Crippen LogP contribution in [0, 0.1) is 0 Å². The van der Waals surface area contributed by atoms with Gasteiger partial charge in [-0.05, 0) is 44.4 Å². The van der Waals surface area contributed by atoms with Crippen molar-refractivity contribution >= 4 is 17.5 Å². The molecule has 3 rings (SSSR count). The smallest absolute Gasteiger partial charge is 0.231 e. The normalized spacial score (nSPS) is 18.8. The highest BCUT2D eigenvalue weighted by atomic mass is 35.5. The Kier molecular flexibility index (Phi) is 7.00. The average molecular weight is 383 g/mol. The fourth-order valence-electron chi connectivity index (χ4n) is 3.47. The van der Waals surface area contributed by atoms with Crippen molar-refractivity contribution in [2.45, 2.75) is 45.2 Å². The highest BCUT2D eigenvalue weighted by molar-refractivity contribution is 6.31. The van der Waals surface area contributed by atoms with Crippen LogP contribution in [0.5, 0.6) is 11.5 Å². The van der Waals surface area contributed by atoms with Crippen LogP contribution in [0.3, 0.4) is 0 Å². The fourth-order valence-corrected chi connectivity index (χ4v) is 3.69. The molecule has 0 aliphatic carbocycles. The molecule has 1 aromatic rings. The van der Waals surface area contributed by atoms with E-state index < -0.39 is 0 Å². The van der Waals surface area contributed by atoms with E-state index in [4.69, 9.17) is 25.8 Å². The van der Waals surface area contributed by atoms with Crippen LogP contribution in [0.4, 0.5) is 0 Å². The molecule has 0 aromatic heterocycles. The molecule has 6 nitrogen and oxygen atoms in total. The van der Waals surface area contributed by atoms with Crippen LogP contribution in [0.1, 0.15) is 38.2 Å². The molecule has 1 fully saturated rings. The average Bonchev–Trinajstić information content (AvgIpc) is 3.22. The summed E-state index contributed by atoms with van der Waals surface area (Å²) < 4.78 is 16.1. The molecule has 1 unspecified atom stereocenters. The maximum Gasteiger partial charge on any atom is 0.231 e. The van der Waals surface area contributed by atoms with Crippen molar-refractivity contribution < 1.29 is 19.0 Å². The molecule has 1 saturated heterocycles. The standard InChI is InChI=1S/C19H27ClN2O4/c1-2-24-9-3-8-22-15(4-5-19(22)23)6-7-21-12-14-10-17-18(11-16(14)20)26-13-25-17/h10-11,15,21H,2-9,12-13H2,1H3. The first-order valence-electron chi connectivity index (χ1n) is 9.35. The van der Waals surface area contributed by atoms with Gasteiger partial charge >= 0.3 is 0 Å². The molecule has 0 saturated carbocycles. The first-order chi connectivity index (χ1) is 12.7. The van der Waals surface area contributed by atoms with Gasteiger partial charge in [-0.15, -0.1) is 0 Å². The summed E-state index contributed by atoms with van der Waals surface area (Å²) in [5, 5.41) is 4.11. The van der Waals surface area contributed by atoms with Gasteiger partial charge in [0.1, 0.15) is 0 Å². The number of fused-ring (bicyclic) bond motifs is 1. The maximum absolute atomic E-state index is 12.1.